The number of ether oxygens (including phenoxy) is 1. The Morgan fingerprint density at radius 1 is 0.610 bits per heavy atom. The van der Waals surface area contributed by atoms with Gasteiger partial charge in [-0.25, -0.2) is 0 Å². The molecule has 1 N–H and O–H groups in total. The van der Waals surface area contributed by atoms with Crippen molar-refractivity contribution in [1.29, 1.82) is 0 Å². The van der Waals surface area contributed by atoms with Gasteiger partial charge in [0.15, 0.2) is 6.23 Å². The predicted octanol–water partition coefficient (Wildman–Crippen LogP) is 9.85. The lowest BCUT2D eigenvalue weighted by Crippen LogP contribution is -2.10. The first-order valence-corrected chi connectivity index (χ1v) is 13.9. The van der Waals surface area contributed by atoms with E-state index in [9.17, 15) is 0 Å². The van der Waals surface area contributed by atoms with E-state index in [4.69, 9.17) is 9.15 Å². The van der Waals surface area contributed by atoms with E-state index in [-0.39, 0.29) is 6.23 Å². The fourth-order valence-electron chi connectivity index (χ4n) is 6.38. The molecule has 2 aromatic heterocycles. The highest BCUT2D eigenvalue weighted by molar-refractivity contribution is 6.17. The van der Waals surface area contributed by atoms with E-state index < -0.39 is 0 Å². The maximum Gasteiger partial charge on any atom is 0.196 e. The first kappa shape index (κ1) is 22.3. The van der Waals surface area contributed by atoms with Crippen LogP contribution in [0.25, 0.3) is 60.6 Å². The summed E-state index contributed by atoms with van der Waals surface area (Å²) >= 11 is 0. The first-order valence-electron chi connectivity index (χ1n) is 13.9. The SMILES string of the molecule is c1ccc(-c2cc3c(c4c2oc2ccccc24)NC(c2ccc(-n4c5ccccc5c5ccccc54)cc2)O3)cc1. The Labute approximate surface area is 236 Å². The first-order chi connectivity index (χ1) is 20.3. The largest absolute Gasteiger partial charge is 0.464 e. The van der Waals surface area contributed by atoms with Crippen LogP contribution in [-0.4, -0.2) is 4.57 Å². The van der Waals surface area contributed by atoms with Crippen molar-refractivity contribution in [1.82, 2.24) is 4.57 Å². The molecule has 8 aromatic rings. The van der Waals surface area contributed by atoms with E-state index in [0.717, 1.165) is 55.8 Å². The molecule has 0 amide bonds. The summed E-state index contributed by atoms with van der Waals surface area (Å²) in [5, 5.41) is 8.33. The molecule has 1 atom stereocenters. The Kier molecular flexibility index (Phi) is 4.64. The van der Waals surface area contributed by atoms with Crippen LogP contribution in [-0.2, 0) is 0 Å². The summed E-state index contributed by atoms with van der Waals surface area (Å²) in [7, 11) is 0. The van der Waals surface area contributed by atoms with Crippen molar-refractivity contribution in [2.24, 2.45) is 0 Å². The fourth-order valence-corrected chi connectivity index (χ4v) is 6.38. The summed E-state index contributed by atoms with van der Waals surface area (Å²) in [6.07, 6.45) is -0.305. The predicted molar refractivity (Wildman–Crippen MR) is 167 cm³/mol. The molecule has 1 unspecified atom stereocenters. The van der Waals surface area contributed by atoms with Crippen LogP contribution in [0.3, 0.4) is 0 Å². The van der Waals surface area contributed by atoms with Crippen LogP contribution in [0.15, 0.2) is 138 Å². The molecule has 0 saturated heterocycles. The van der Waals surface area contributed by atoms with Crippen LogP contribution in [0.5, 0.6) is 5.75 Å². The second-order valence-electron chi connectivity index (χ2n) is 10.6. The van der Waals surface area contributed by atoms with Gasteiger partial charge in [-0.2, -0.15) is 0 Å². The summed E-state index contributed by atoms with van der Waals surface area (Å²) in [6, 6.07) is 46.5. The third kappa shape index (κ3) is 3.28. The van der Waals surface area contributed by atoms with Crippen molar-refractivity contribution in [3.05, 3.63) is 139 Å². The zero-order valence-corrected chi connectivity index (χ0v) is 22.0. The van der Waals surface area contributed by atoms with Crippen LogP contribution in [0, 0.1) is 0 Å². The summed E-state index contributed by atoms with van der Waals surface area (Å²) in [5.41, 5.74) is 9.42. The third-order valence-corrected chi connectivity index (χ3v) is 8.25. The number of benzene rings is 6. The molecule has 0 spiro atoms. The molecule has 0 bridgehead atoms. The van der Waals surface area contributed by atoms with Crippen molar-refractivity contribution in [2.75, 3.05) is 5.32 Å². The number of anilines is 1. The number of aromatic nitrogens is 1. The van der Waals surface area contributed by atoms with Crippen LogP contribution in [0.2, 0.25) is 0 Å². The van der Waals surface area contributed by atoms with Gasteiger partial charge in [0.1, 0.15) is 16.9 Å². The van der Waals surface area contributed by atoms with E-state index in [2.05, 4.69) is 125 Å². The molecule has 4 heteroatoms. The highest BCUT2D eigenvalue weighted by atomic mass is 16.5. The minimum Gasteiger partial charge on any atom is -0.464 e. The molecule has 6 aromatic carbocycles. The standard InChI is InChI=1S/C37H24N2O2/c1-2-10-23(11-3-1)29-22-33-35(34-28-14-6-9-17-32(28)40-36(29)34)38-37(41-33)24-18-20-25(21-19-24)39-30-15-7-4-12-26(30)27-13-5-8-16-31(27)39/h1-22,37-38H. The molecule has 1 aliphatic heterocycles. The quantitative estimate of drug-likeness (QED) is 0.248. The zero-order chi connectivity index (χ0) is 26.9. The van der Waals surface area contributed by atoms with Crippen LogP contribution >= 0.6 is 0 Å². The number of nitrogens with one attached hydrogen (secondary N) is 1. The Bertz CT molecular complexity index is 2210. The molecule has 1 aliphatic rings. The van der Waals surface area contributed by atoms with Crippen LogP contribution in [0.1, 0.15) is 11.8 Å². The Morgan fingerprint density at radius 2 is 1.24 bits per heavy atom. The average molecular weight is 529 g/mol. The summed E-state index contributed by atoms with van der Waals surface area (Å²) < 4.78 is 15.4. The minimum atomic E-state index is -0.305. The molecule has 0 aliphatic carbocycles. The monoisotopic (exact) mass is 528 g/mol. The normalized spacial score (nSPS) is 14.5. The number of para-hydroxylation sites is 3. The van der Waals surface area contributed by atoms with Gasteiger partial charge in [0.25, 0.3) is 0 Å². The molecule has 4 nitrogen and oxygen atoms in total. The van der Waals surface area contributed by atoms with Gasteiger partial charge in [-0.05, 0) is 42.0 Å². The van der Waals surface area contributed by atoms with Crippen LogP contribution in [0.4, 0.5) is 5.69 Å². The van der Waals surface area contributed by atoms with E-state index in [1.54, 1.807) is 0 Å². The van der Waals surface area contributed by atoms with Gasteiger partial charge in [-0.3, -0.25) is 0 Å². The van der Waals surface area contributed by atoms with Gasteiger partial charge in [0.2, 0.25) is 0 Å². The Hall–Kier alpha value is -5.48. The average Bonchev–Trinajstić information content (AvgIpc) is 3.73. The van der Waals surface area contributed by atoms with Crippen molar-refractivity contribution in [3.8, 4) is 22.6 Å². The fraction of sp³-hybridized carbons (Fsp3) is 0.0270. The molecule has 9 rings (SSSR count). The Balaban J connectivity index is 1.15. The molecule has 0 fully saturated rings. The molecule has 0 radical (unpaired) electrons. The third-order valence-electron chi connectivity index (χ3n) is 8.25. The number of rotatable bonds is 3. The summed E-state index contributed by atoms with van der Waals surface area (Å²) in [4.78, 5) is 0. The van der Waals surface area contributed by atoms with E-state index >= 15 is 0 Å². The minimum absolute atomic E-state index is 0.305. The number of hydrogen-bond acceptors (Lipinski definition) is 3. The molecule has 0 saturated carbocycles. The molecule has 3 heterocycles. The number of fused-ring (bicyclic) bond motifs is 8. The summed E-state index contributed by atoms with van der Waals surface area (Å²) in [6.45, 7) is 0. The van der Waals surface area contributed by atoms with Gasteiger partial charge in [0, 0.05) is 33.0 Å². The van der Waals surface area contributed by atoms with E-state index in [1.165, 1.54) is 21.8 Å². The second-order valence-corrected chi connectivity index (χ2v) is 10.6. The topological polar surface area (TPSA) is 39.3 Å². The molecular formula is C37H24N2O2. The van der Waals surface area contributed by atoms with Gasteiger partial charge in [0.05, 0.1) is 22.1 Å². The highest BCUT2D eigenvalue weighted by Gasteiger charge is 2.29. The maximum absolute atomic E-state index is 6.59. The van der Waals surface area contributed by atoms with E-state index in [1.807, 2.05) is 18.2 Å². The summed E-state index contributed by atoms with van der Waals surface area (Å²) in [5.74, 6) is 0.833. The lowest BCUT2D eigenvalue weighted by molar-refractivity contribution is 0.260. The second kappa shape index (κ2) is 8.51. The molecule has 41 heavy (non-hydrogen) atoms. The Morgan fingerprint density at radius 3 is 1.98 bits per heavy atom. The molecule has 194 valence electrons. The number of furan rings is 1. The van der Waals surface area contributed by atoms with Gasteiger partial charge < -0.3 is 19.0 Å². The van der Waals surface area contributed by atoms with Gasteiger partial charge in [-0.1, -0.05) is 97.1 Å². The van der Waals surface area contributed by atoms with Crippen molar-refractivity contribution in [2.45, 2.75) is 6.23 Å². The number of nitrogens with zero attached hydrogens (tertiary/aromatic N) is 1. The van der Waals surface area contributed by atoms with E-state index in [0.29, 0.717) is 0 Å². The van der Waals surface area contributed by atoms with Crippen LogP contribution < -0.4 is 10.1 Å². The maximum atomic E-state index is 6.59. The molecular weight excluding hydrogens is 504 g/mol. The van der Waals surface area contributed by atoms with Gasteiger partial charge in [-0.15, -0.1) is 0 Å². The lowest BCUT2D eigenvalue weighted by Gasteiger charge is -2.14. The van der Waals surface area contributed by atoms with Crippen molar-refractivity contribution in [3.63, 3.8) is 0 Å². The number of hydrogen-bond donors (Lipinski definition) is 1. The zero-order valence-electron chi connectivity index (χ0n) is 22.0. The smallest absolute Gasteiger partial charge is 0.196 e. The lowest BCUT2D eigenvalue weighted by atomic mass is 10.0. The van der Waals surface area contributed by atoms with Crippen molar-refractivity contribution >= 4 is 49.4 Å². The van der Waals surface area contributed by atoms with Gasteiger partial charge >= 0.3 is 0 Å². The van der Waals surface area contributed by atoms with Crippen molar-refractivity contribution < 1.29 is 9.15 Å². The highest BCUT2D eigenvalue weighted by Crippen LogP contribution is 2.50.